The van der Waals surface area contributed by atoms with E-state index in [-0.39, 0.29) is 0 Å². The molecule has 0 aliphatic carbocycles. The van der Waals surface area contributed by atoms with Gasteiger partial charge in [-0.3, -0.25) is 0 Å². The van der Waals surface area contributed by atoms with Gasteiger partial charge in [-0.1, -0.05) is 61.8 Å². The molecule has 1 aromatic carbocycles. The molecule has 0 N–H and O–H groups in total. The molecule has 0 saturated carbocycles. The molecule has 98 valence electrons. The van der Waals surface area contributed by atoms with Crippen molar-refractivity contribution in [2.24, 2.45) is 11.1 Å². The zero-order valence-electron chi connectivity index (χ0n) is 11.1. The van der Waals surface area contributed by atoms with Gasteiger partial charge in [-0.15, -0.1) is 0 Å². The van der Waals surface area contributed by atoms with Crippen LogP contribution in [-0.4, -0.2) is 11.1 Å². The second kappa shape index (κ2) is 6.83. The Balaban J connectivity index is 2.03. The molecule has 2 rings (SSSR count). The molecule has 0 aromatic heterocycles. The molecule has 0 unspecified atom stereocenters. The molecule has 0 bridgehead atoms. The van der Waals surface area contributed by atoms with Crippen molar-refractivity contribution in [1.82, 2.24) is 0 Å². The van der Waals surface area contributed by atoms with Gasteiger partial charge in [0.1, 0.15) is 11.1 Å². The lowest BCUT2D eigenvalue weighted by Gasteiger charge is -2.17. The highest BCUT2D eigenvalue weighted by molar-refractivity contribution is 8.14. The summed E-state index contributed by atoms with van der Waals surface area (Å²) < 4.78 is 0. The largest absolute Gasteiger partial charge is 0.391 e. The standard InChI is InChI=1S/C15H21NOS/c1-3-8-13-14(9-4-2)17-16-15(13)18-12-10-6-5-7-11-12/h5-7,10-11,13-14H,3-4,8-9H2,1-2H3/t13-,14-/m1/s1. The van der Waals surface area contributed by atoms with Gasteiger partial charge in [0.05, 0.1) is 5.92 Å². The van der Waals surface area contributed by atoms with E-state index in [4.69, 9.17) is 4.84 Å². The van der Waals surface area contributed by atoms with Crippen LogP contribution in [0.3, 0.4) is 0 Å². The van der Waals surface area contributed by atoms with Gasteiger partial charge < -0.3 is 4.84 Å². The van der Waals surface area contributed by atoms with Crippen LogP contribution in [0.25, 0.3) is 0 Å². The van der Waals surface area contributed by atoms with Crippen molar-refractivity contribution >= 4 is 16.8 Å². The first-order valence-corrected chi connectivity index (χ1v) is 7.63. The number of rotatable bonds is 5. The molecule has 1 aliphatic heterocycles. The molecule has 1 heterocycles. The minimum Gasteiger partial charge on any atom is -0.391 e. The predicted molar refractivity (Wildman–Crippen MR) is 77.9 cm³/mol. The van der Waals surface area contributed by atoms with Gasteiger partial charge in [-0.25, -0.2) is 0 Å². The summed E-state index contributed by atoms with van der Waals surface area (Å²) in [5.41, 5.74) is 0. The Morgan fingerprint density at radius 2 is 1.83 bits per heavy atom. The Kier molecular flexibility index (Phi) is 5.12. The summed E-state index contributed by atoms with van der Waals surface area (Å²) in [7, 11) is 0. The van der Waals surface area contributed by atoms with E-state index in [0.29, 0.717) is 12.0 Å². The minimum atomic E-state index is 0.293. The Labute approximate surface area is 114 Å². The second-order valence-electron chi connectivity index (χ2n) is 4.67. The fourth-order valence-electron chi connectivity index (χ4n) is 2.28. The van der Waals surface area contributed by atoms with E-state index in [9.17, 15) is 0 Å². The van der Waals surface area contributed by atoms with E-state index in [1.807, 2.05) is 6.07 Å². The number of hydrogen-bond donors (Lipinski definition) is 0. The van der Waals surface area contributed by atoms with Gasteiger partial charge >= 0.3 is 0 Å². The number of hydrogen-bond acceptors (Lipinski definition) is 3. The summed E-state index contributed by atoms with van der Waals surface area (Å²) in [6, 6.07) is 10.4. The topological polar surface area (TPSA) is 21.6 Å². The van der Waals surface area contributed by atoms with Crippen molar-refractivity contribution in [3.05, 3.63) is 30.3 Å². The highest BCUT2D eigenvalue weighted by Crippen LogP contribution is 2.34. The van der Waals surface area contributed by atoms with Crippen LogP contribution in [0.15, 0.2) is 40.4 Å². The number of thioether (sulfide) groups is 1. The van der Waals surface area contributed by atoms with Crippen LogP contribution in [0.5, 0.6) is 0 Å². The molecule has 18 heavy (non-hydrogen) atoms. The van der Waals surface area contributed by atoms with Crippen molar-refractivity contribution in [3.63, 3.8) is 0 Å². The summed E-state index contributed by atoms with van der Waals surface area (Å²) in [6.45, 7) is 4.43. The van der Waals surface area contributed by atoms with Gasteiger partial charge in [-0.05, 0) is 25.0 Å². The number of oxime groups is 1. The number of nitrogens with zero attached hydrogens (tertiary/aromatic N) is 1. The SMILES string of the molecule is CCC[C@H]1ON=C(Sc2ccccc2)[C@@H]1CCC. The molecule has 2 nitrogen and oxygen atoms in total. The van der Waals surface area contributed by atoms with Gasteiger partial charge in [-0.2, -0.15) is 0 Å². The lowest BCUT2D eigenvalue weighted by atomic mass is 9.96. The van der Waals surface area contributed by atoms with E-state index < -0.39 is 0 Å². The summed E-state index contributed by atoms with van der Waals surface area (Å²) in [4.78, 5) is 6.86. The summed E-state index contributed by atoms with van der Waals surface area (Å²) >= 11 is 1.75. The maximum Gasteiger partial charge on any atom is 0.136 e. The highest BCUT2D eigenvalue weighted by Gasteiger charge is 2.33. The smallest absolute Gasteiger partial charge is 0.136 e. The lowest BCUT2D eigenvalue weighted by Crippen LogP contribution is -2.21. The monoisotopic (exact) mass is 263 g/mol. The third kappa shape index (κ3) is 3.29. The molecule has 3 heteroatoms. The number of benzene rings is 1. The molecular formula is C15H21NOS. The fraction of sp³-hybridized carbons (Fsp3) is 0.533. The van der Waals surface area contributed by atoms with Gasteiger partial charge in [0.15, 0.2) is 0 Å². The van der Waals surface area contributed by atoms with Crippen LogP contribution in [0.2, 0.25) is 0 Å². The first kappa shape index (κ1) is 13.5. The Morgan fingerprint density at radius 1 is 1.11 bits per heavy atom. The van der Waals surface area contributed by atoms with Gasteiger partial charge in [0, 0.05) is 4.90 Å². The Morgan fingerprint density at radius 3 is 2.50 bits per heavy atom. The van der Waals surface area contributed by atoms with Crippen molar-refractivity contribution in [2.75, 3.05) is 0 Å². The average Bonchev–Trinajstić information content (AvgIpc) is 2.75. The molecule has 1 aromatic rings. The van der Waals surface area contributed by atoms with Crippen molar-refractivity contribution in [3.8, 4) is 0 Å². The molecule has 0 fully saturated rings. The lowest BCUT2D eigenvalue weighted by molar-refractivity contribution is 0.0529. The molecule has 2 atom stereocenters. The summed E-state index contributed by atoms with van der Waals surface area (Å²) in [5, 5.41) is 5.46. The third-order valence-electron chi connectivity index (χ3n) is 3.18. The maximum atomic E-state index is 5.61. The molecule has 0 radical (unpaired) electrons. The first-order chi connectivity index (χ1) is 8.85. The van der Waals surface area contributed by atoms with Crippen molar-refractivity contribution < 1.29 is 4.84 Å². The Bertz CT molecular complexity index is 391. The zero-order chi connectivity index (χ0) is 12.8. The van der Waals surface area contributed by atoms with E-state index in [0.717, 1.165) is 17.9 Å². The fourth-order valence-corrected chi connectivity index (χ4v) is 3.32. The van der Waals surface area contributed by atoms with Gasteiger partial charge in [0.25, 0.3) is 0 Å². The summed E-state index contributed by atoms with van der Waals surface area (Å²) in [6.07, 6.45) is 4.91. The minimum absolute atomic E-state index is 0.293. The van der Waals surface area contributed by atoms with Crippen molar-refractivity contribution in [1.29, 1.82) is 0 Å². The Hall–Kier alpha value is -0.960. The maximum absolute atomic E-state index is 5.61. The van der Waals surface area contributed by atoms with E-state index in [2.05, 4.69) is 43.3 Å². The van der Waals surface area contributed by atoms with Crippen LogP contribution in [0, 0.1) is 5.92 Å². The van der Waals surface area contributed by atoms with Crippen LogP contribution in [-0.2, 0) is 4.84 Å². The van der Waals surface area contributed by atoms with Crippen LogP contribution in [0.1, 0.15) is 39.5 Å². The normalized spacial score (nSPS) is 22.7. The van der Waals surface area contributed by atoms with Crippen LogP contribution < -0.4 is 0 Å². The molecule has 0 amide bonds. The molecular weight excluding hydrogens is 242 g/mol. The second-order valence-corrected chi connectivity index (χ2v) is 5.77. The third-order valence-corrected chi connectivity index (χ3v) is 4.28. The quantitative estimate of drug-likeness (QED) is 0.767. The molecule has 1 aliphatic rings. The van der Waals surface area contributed by atoms with E-state index in [1.54, 1.807) is 11.8 Å². The molecule has 0 spiro atoms. The molecule has 0 saturated heterocycles. The predicted octanol–water partition coefficient (Wildman–Crippen LogP) is 4.71. The van der Waals surface area contributed by atoms with Crippen LogP contribution in [0.4, 0.5) is 0 Å². The highest BCUT2D eigenvalue weighted by atomic mass is 32.2. The van der Waals surface area contributed by atoms with Gasteiger partial charge in [0.2, 0.25) is 0 Å². The average molecular weight is 263 g/mol. The van der Waals surface area contributed by atoms with E-state index in [1.165, 1.54) is 17.7 Å². The summed E-state index contributed by atoms with van der Waals surface area (Å²) in [5.74, 6) is 0.486. The van der Waals surface area contributed by atoms with E-state index >= 15 is 0 Å². The van der Waals surface area contributed by atoms with Crippen molar-refractivity contribution in [2.45, 2.75) is 50.5 Å². The van der Waals surface area contributed by atoms with Crippen LogP contribution >= 0.6 is 11.8 Å². The zero-order valence-corrected chi connectivity index (χ0v) is 12.0. The first-order valence-electron chi connectivity index (χ1n) is 6.81.